The molecular weight excluding hydrogens is 280 g/mol. The van der Waals surface area contributed by atoms with E-state index in [0.29, 0.717) is 5.92 Å². The largest absolute Gasteiger partial charge is 0.478 e. The molecule has 4 heteroatoms. The van der Waals surface area contributed by atoms with Gasteiger partial charge < -0.3 is 4.74 Å². The van der Waals surface area contributed by atoms with Gasteiger partial charge in [-0.1, -0.05) is 22.9 Å². The Hall–Kier alpha value is -1.03. The standard InChI is InChI=1S/C13H15BrN2O/c1-2-5-17-13-7-10(14)6-11-8-12(9-3-4-9)15-16(11)13/h6-9H,2-5H2,1H3. The van der Waals surface area contributed by atoms with Crippen LogP contribution in [0.2, 0.25) is 0 Å². The Bertz CT molecular complexity index is 546. The molecule has 2 aromatic heterocycles. The Balaban J connectivity index is 2.05. The molecule has 0 N–H and O–H groups in total. The number of rotatable bonds is 4. The number of nitrogens with zero attached hydrogens (tertiary/aromatic N) is 2. The van der Waals surface area contributed by atoms with Crippen LogP contribution >= 0.6 is 15.9 Å². The van der Waals surface area contributed by atoms with Crippen LogP contribution in [0.5, 0.6) is 5.88 Å². The summed E-state index contributed by atoms with van der Waals surface area (Å²) in [7, 11) is 0. The highest BCUT2D eigenvalue weighted by molar-refractivity contribution is 9.10. The van der Waals surface area contributed by atoms with Crippen molar-refractivity contribution in [3.05, 3.63) is 28.4 Å². The summed E-state index contributed by atoms with van der Waals surface area (Å²) in [5.74, 6) is 1.50. The number of pyridine rings is 1. The molecular formula is C13H15BrN2O. The maximum atomic E-state index is 5.73. The van der Waals surface area contributed by atoms with Crippen LogP contribution < -0.4 is 4.74 Å². The van der Waals surface area contributed by atoms with Gasteiger partial charge >= 0.3 is 0 Å². The fraction of sp³-hybridized carbons (Fsp3) is 0.462. The van der Waals surface area contributed by atoms with Gasteiger partial charge in [-0.05, 0) is 31.4 Å². The summed E-state index contributed by atoms with van der Waals surface area (Å²) >= 11 is 3.52. The molecule has 1 fully saturated rings. The molecule has 2 heterocycles. The van der Waals surface area contributed by atoms with E-state index in [2.05, 4.69) is 40.1 Å². The lowest BCUT2D eigenvalue weighted by molar-refractivity contribution is 0.297. The van der Waals surface area contributed by atoms with Crippen molar-refractivity contribution in [2.75, 3.05) is 6.61 Å². The fourth-order valence-electron chi connectivity index (χ4n) is 1.94. The Morgan fingerprint density at radius 2 is 2.24 bits per heavy atom. The van der Waals surface area contributed by atoms with E-state index in [0.717, 1.165) is 28.9 Å². The van der Waals surface area contributed by atoms with Crippen molar-refractivity contribution < 1.29 is 4.74 Å². The minimum atomic E-state index is 0.674. The van der Waals surface area contributed by atoms with Crippen molar-refractivity contribution in [3.63, 3.8) is 0 Å². The maximum Gasteiger partial charge on any atom is 0.216 e. The van der Waals surface area contributed by atoms with Crippen LogP contribution in [0.25, 0.3) is 5.52 Å². The van der Waals surface area contributed by atoms with Gasteiger partial charge in [-0.2, -0.15) is 5.10 Å². The van der Waals surface area contributed by atoms with Crippen molar-refractivity contribution in [2.45, 2.75) is 32.1 Å². The smallest absolute Gasteiger partial charge is 0.216 e. The molecule has 0 amide bonds. The molecule has 1 aliphatic carbocycles. The van der Waals surface area contributed by atoms with Crippen molar-refractivity contribution in [3.8, 4) is 5.88 Å². The lowest BCUT2D eigenvalue weighted by atomic mass is 10.3. The van der Waals surface area contributed by atoms with E-state index >= 15 is 0 Å². The number of fused-ring (bicyclic) bond motifs is 1. The number of aromatic nitrogens is 2. The van der Waals surface area contributed by atoms with Gasteiger partial charge in [-0.3, -0.25) is 0 Å². The highest BCUT2D eigenvalue weighted by Gasteiger charge is 2.26. The zero-order chi connectivity index (χ0) is 11.8. The summed E-state index contributed by atoms with van der Waals surface area (Å²) in [6, 6.07) is 6.23. The number of hydrogen-bond donors (Lipinski definition) is 0. The zero-order valence-corrected chi connectivity index (χ0v) is 11.4. The predicted octanol–water partition coefficient (Wildman–Crippen LogP) is 3.76. The van der Waals surface area contributed by atoms with Crippen molar-refractivity contribution in [1.82, 2.24) is 9.61 Å². The van der Waals surface area contributed by atoms with Crippen molar-refractivity contribution in [2.24, 2.45) is 0 Å². The van der Waals surface area contributed by atoms with Gasteiger partial charge in [-0.25, -0.2) is 4.52 Å². The number of halogens is 1. The number of hydrogen-bond acceptors (Lipinski definition) is 2. The van der Waals surface area contributed by atoms with Crippen LogP contribution in [0.15, 0.2) is 22.7 Å². The van der Waals surface area contributed by atoms with Crippen LogP contribution in [0, 0.1) is 0 Å². The highest BCUT2D eigenvalue weighted by Crippen LogP contribution is 2.40. The third kappa shape index (κ3) is 2.18. The summed E-state index contributed by atoms with van der Waals surface area (Å²) in [6.45, 7) is 2.83. The molecule has 0 unspecified atom stereocenters. The minimum absolute atomic E-state index is 0.674. The van der Waals surface area contributed by atoms with Gasteiger partial charge in [0.05, 0.1) is 17.8 Å². The Morgan fingerprint density at radius 1 is 1.41 bits per heavy atom. The SMILES string of the molecule is CCCOc1cc(Br)cc2cc(C3CC3)nn12. The molecule has 0 bridgehead atoms. The van der Waals surface area contributed by atoms with E-state index < -0.39 is 0 Å². The lowest BCUT2D eigenvalue weighted by Gasteiger charge is -2.07. The summed E-state index contributed by atoms with van der Waals surface area (Å²) in [5.41, 5.74) is 2.30. The summed E-state index contributed by atoms with van der Waals surface area (Å²) in [4.78, 5) is 0. The second-order valence-corrected chi connectivity index (χ2v) is 5.46. The van der Waals surface area contributed by atoms with E-state index in [-0.39, 0.29) is 0 Å². The van der Waals surface area contributed by atoms with E-state index in [1.54, 1.807) is 0 Å². The molecule has 0 aliphatic heterocycles. The molecule has 17 heavy (non-hydrogen) atoms. The van der Waals surface area contributed by atoms with Crippen LogP contribution in [0.4, 0.5) is 0 Å². The van der Waals surface area contributed by atoms with Crippen LogP contribution in [-0.2, 0) is 0 Å². The van der Waals surface area contributed by atoms with Gasteiger partial charge in [0.2, 0.25) is 5.88 Å². The van der Waals surface area contributed by atoms with Gasteiger partial charge in [0, 0.05) is 16.5 Å². The second kappa shape index (κ2) is 4.33. The first-order chi connectivity index (χ1) is 8.28. The normalized spacial score (nSPS) is 15.4. The fourth-order valence-corrected chi connectivity index (χ4v) is 2.37. The van der Waals surface area contributed by atoms with E-state index in [4.69, 9.17) is 4.74 Å². The summed E-state index contributed by atoms with van der Waals surface area (Å²) in [6.07, 6.45) is 3.55. The monoisotopic (exact) mass is 294 g/mol. The van der Waals surface area contributed by atoms with Crippen LogP contribution in [-0.4, -0.2) is 16.2 Å². The highest BCUT2D eigenvalue weighted by atomic mass is 79.9. The maximum absolute atomic E-state index is 5.73. The summed E-state index contributed by atoms with van der Waals surface area (Å²) in [5, 5.41) is 4.64. The first-order valence-electron chi connectivity index (χ1n) is 6.10. The third-order valence-electron chi connectivity index (χ3n) is 2.96. The average Bonchev–Trinajstić information content (AvgIpc) is 3.07. The average molecular weight is 295 g/mol. The van der Waals surface area contributed by atoms with Gasteiger partial charge in [-0.15, -0.1) is 0 Å². The first-order valence-corrected chi connectivity index (χ1v) is 6.89. The minimum Gasteiger partial charge on any atom is -0.478 e. The van der Waals surface area contributed by atoms with E-state index in [9.17, 15) is 0 Å². The Labute approximate surface area is 109 Å². The molecule has 1 saturated carbocycles. The molecule has 0 radical (unpaired) electrons. The lowest BCUT2D eigenvalue weighted by Crippen LogP contribution is -2.02. The third-order valence-corrected chi connectivity index (χ3v) is 3.42. The van der Waals surface area contributed by atoms with E-state index in [1.807, 2.05) is 10.6 Å². The molecule has 0 aromatic carbocycles. The Kier molecular flexibility index (Phi) is 2.82. The number of ether oxygens (including phenoxy) is 1. The van der Waals surface area contributed by atoms with Crippen molar-refractivity contribution >= 4 is 21.4 Å². The molecule has 0 saturated heterocycles. The van der Waals surface area contributed by atoms with Crippen LogP contribution in [0.1, 0.15) is 37.8 Å². The van der Waals surface area contributed by atoms with Gasteiger partial charge in [0.1, 0.15) is 0 Å². The molecule has 0 spiro atoms. The van der Waals surface area contributed by atoms with Gasteiger partial charge in [0.15, 0.2) is 0 Å². The zero-order valence-electron chi connectivity index (χ0n) is 9.82. The quantitative estimate of drug-likeness (QED) is 0.858. The van der Waals surface area contributed by atoms with Gasteiger partial charge in [0.25, 0.3) is 0 Å². The molecule has 2 aromatic rings. The Morgan fingerprint density at radius 3 is 2.94 bits per heavy atom. The van der Waals surface area contributed by atoms with Crippen molar-refractivity contribution in [1.29, 1.82) is 0 Å². The first kappa shape index (κ1) is 11.1. The summed E-state index contributed by atoms with van der Waals surface area (Å²) < 4.78 is 8.68. The second-order valence-electron chi connectivity index (χ2n) is 4.54. The van der Waals surface area contributed by atoms with Crippen LogP contribution in [0.3, 0.4) is 0 Å². The molecule has 3 nitrogen and oxygen atoms in total. The molecule has 90 valence electrons. The van der Waals surface area contributed by atoms with E-state index in [1.165, 1.54) is 18.5 Å². The molecule has 0 atom stereocenters. The molecule has 1 aliphatic rings. The topological polar surface area (TPSA) is 26.5 Å². The molecule has 3 rings (SSSR count). The predicted molar refractivity (Wildman–Crippen MR) is 70.7 cm³/mol.